The molecule has 0 amide bonds. The maximum atomic E-state index is 10.6. The highest BCUT2D eigenvalue weighted by molar-refractivity contribution is 6.86. The van der Waals surface area contributed by atoms with Crippen molar-refractivity contribution in [2.45, 2.75) is 45.0 Å². The first-order chi connectivity index (χ1) is 8.21. The lowest BCUT2D eigenvalue weighted by Crippen LogP contribution is -2.41. The van der Waals surface area contributed by atoms with E-state index in [1.807, 2.05) is 30.3 Å². The summed E-state index contributed by atoms with van der Waals surface area (Å²) >= 11 is 0. The second-order valence-electron chi connectivity index (χ2n) is 6.28. The van der Waals surface area contributed by atoms with E-state index in [0.29, 0.717) is 0 Å². The standard InChI is InChI=1S/C16H24OSi/c1-7-14(18(5,6)16(2,3)4)15(17)13-11-9-8-10-12-13/h8-12,15,17H,1H2,2-6H3. The van der Waals surface area contributed by atoms with Gasteiger partial charge in [-0.25, -0.2) is 0 Å². The summed E-state index contributed by atoms with van der Waals surface area (Å²) < 4.78 is 0. The molecule has 1 unspecified atom stereocenters. The molecule has 0 aliphatic carbocycles. The van der Waals surface area contributed by atoms with Gasteiger partial charge in [0.25, 0.3) is 0 Å². The minimum absolute atomic E-state index is 0.169. The molecule has 0 saturated carbocycles. The SMILES string of the molecule is C=C=C(C(O)c1ccccc1)[Si](C)(C)C(C)(C)C. The van der Waals surface area contributed by atoms with Gasteiger partial charge >= 0.3 is 0 Å². The quantitative estimate of drug-likeness (QED) is 0.627. The summed E-state index contributed by atoms with van der Waals surface area (Å²) in [4.78, 5) is 0. The van der Waals surface area contributed by atoms with Gasteiger partial charge in [0.05, 0.1) is 8.07 Å². The van der Waals surface area contributed by atoms with Crippen molar-refractivity contribution in [3.05, 3.63) is 53.4 Å². The normalized spacial score (nSPS) is 13.9. The lowest BCUT2D eigenvalue weighted by Gasteiger charge is -2.39. The number of rotatable bonds is 3. The zero-order valence-corrected chi connectivity index (χ0v) is 13.1. The summed E-state index contributed by atoms with van der Waals surface area (Å²) in [6, 6.07) is 9.76. The number of aliphatic hydroxyl groups is 1. The van der Waals surface area contributed by atoms with E-state index in [4.69, 9.17) is 0 Å². The molecular formula is C16H24OSi. The molecule has 1 rings (SSSR count). The lowest BCUT2D eigenvalue weighted by atomic mass is 10.1. The molecule has 1 aromatic carbocycles. The molecule has 0 bridgehead atoms. The molecule has 0 saturated heterocycles. The molecule has 1 N–H and O–H groups in total. The topological polar surface area (TPSA) is 20.2 Å². The number of aliphatic hydroxyl groups excluding tert-OH is 1. The van der Waals surface area contributed by atoms with E-state index in [9.17, 15) is 5.11 Å². The maximum absolute atomic E-state index is 10.6. The van der Waals surface area contributed by atoms with Gasteiger partial charge in [0.2, 0.25) is 0 Å². The number of benzene rings is 1. The Morgan fingerprint density at radius 3 is 2.11 bits per heavy atom. The Bertz CT molecular complexity index is 448. The van der Waals surface area contributed by atoms with Crippen LogP contribution in [0.5, 0.6) is 0 Å². The predicted molar refractivity (Wildman–Crippen MR) is 81.3 cm³/mol. The van der Waals surface area contributed by atoms with E-state index in [0.717, 1.165) is 10.8 Å². The molecule has 0 fully saturated rings. The first-order valence-electron chi connectivity index (χ1n) is 6.35. The third kappa shape index (κ3) is 2.84. The highest BCUT2D eigenvalue weighted by Crippen LogP contribution is 2.44. The second-order valence-corrected chi connectivity index (χ2v) is 11.6. The molecule has 0 aromatic heterocycles. The summed E-state index contributed by atoms with van der Waals surface area (Å²) in [6.07, 6.45) is -0.579. The van der Waals surface area contributed by atoms with Crippen LogP contribution in [-0.4, -0.2) is 13.2 Å². The summed E-state index contributed by atoms with van der Waals surface area (Å²) in [5, 5.41) is 11.7. The summed E-state index contributed by atoms with van der Waals surface area (Å²) in [6.45, 7) is 15.0. The number of hydrogen-bond acceptors (Lipinski definition) is 1. The van der Waals surface area contributed by atoms with Crippen LogP contribution in [-0.2, 0) is 0 Å². The average molecular weight is 260 g/mol. The van der Waals surface area contributed by atoms with Gasteiger partial charge in [0.1, 0.15) is 6.10 Å². The molecule has 2 heteroatoms. The van der Waals surface area contributed by atoms with E-state index >= 15 is 0 Å². The third-order valence-electron chi connectivity index (χ3n) is 4.13. The zero-order chi connectivity index (χ0) is 14.0. The average Bonchev–Trinajstić information content (AvgIpc) is 2.29. The van der Waals surface area contributed by atoms with Crippen molar-refractivity contribution in [1.29, 1.82) is 0 Å². The first-order valence-corrected chi connectivity index (χ1v) is 9.35. The van der Waals surface area contributed by atoms with Crippen molar-refractivity contribution in [1.82, 2.24) is 0 Å². The minimum atomic E-state index is -1.79. The second kappa shape index (κ2) is 5.27. The Balaban J connectivity index is 3.18. The summed E-state index contributed by atoms with van der Waals surface area (Å²) in [7, 11) is -1.79. The molecule has 0 heterocycles. The van der Waals surface area contributed by atoms with Gasteiger partial charge in [-0.3, -0.25) is 0 Å². The van der Waals surface area contributed by atoms with Crippen LogP contribution >= 0.6 is 0 Å². The van der Waals surface area contributed by atoms with Crippen LogP contribution in [0.1, 0.15) is 32.4 Å². The maximum Gasteiger partial charge on any atom is 0.104 e. The van der Waals surface area contributed by atoms with Crippen molar-refractivity contribution >= 4 is 8.07 Å². The molecule has 98 valence electrons. The largest absolute Gasteiger partial charge is 0.384 e. The van der Waals surface area contributed by atoms with E-state index in [2.05, 4.69) is 46.2 Å². The molecule has 1 aromatic rings. The zero-order valence-electron chi connectivity index (χ0n) is 12.1. The van der Waals surface area contributed by atoms with E-state index in [1.54, 1.807) is 0 Å². The molecule has 0 spiro atoms. The van der Waals surface area contributed by atoms with Crippen LogP contribution in [0.3, 0.4) is 0 Å². The highest BCUT2D eigenvalue weighted by atomic mass is 28.3. The van der Waals surface area contributed by atoms with E-state index in [-0.39, 0.29) is 5.04 Å². The van der Waals surface area contributed by atoms with Crippen molar-refractivity contribution in [2.24, 2.45) is 0 Å². The third-order valence-corrected chi connectivity index (χ3v) is 9.67. The fraction of sp³-hybridized carbons (Fsp3) is 0.438. The van der Waals surface area contributed by atoms with Gasteiger partial charge < -0.3 is 5.11 Å². The van der Waals surface area contributed by atoms with Gasteiger partial charge in [-0.2, -0.15) is 0 Å². The van der Waals surface area contributed by atoms with Crippen LogP contribution in [0.4, 0.5) is 0 Å². The van der Waals surface area contributed by atoms with Crippen LogP contribution in [0, 0.1) is 0 Å². The van der Waals surface area contributed by atoms with Crippen molar-refractivity contribution in [3.8, 4) is 0 Å². The molecule has 1 atom stereocenters. The fourth-order valence-electron chi connectivity index (χ4n) is 1.87. The van der Waals surface area contributed by atoms with Crippen LogP contribution in [0.25, 0.3) is 0 Å². The van der Waals surface area contributed by atoms with Crippen molar-refractivity contribution < 1.29 is 5.11 Å². The molecule has 1 nitrogen and oxygen atoms in total. The Hall–Kier alpha value is -1.08. The number of hydrogen-bond donors (Lipinski definition) is 1. The predicted octanol–water partition coefficient (Wildman–Crippen LogP) is 4.48. The van der Waals surface area contributed by atoms with Crippen LogP contribution < -0.4 is 0 Å². The smallest absolute Gasteiger partial charge is 0.104 e. The van der Waals surface area contributed by atoms with Gasteiger partial charge in [-0.1, -0.05) is 70.8 Å². The molecule has 0 aliphatic rings. The summed E-state index contributed by atoms with van der Waals surface area (Å²) in [5.74, 6) is 0. The van der Waals surface area contributed by atoms with E-state index < -0.39 is 14.2 Å². The first kappa shape index (κ1) is 15.0. The Morgan fingerprint density at radius 1 is 1.22 bits per heavy atom. The Kier molecular flexibility index (Phi) is 4.39. The van der Waals surface area contributed by atoms with Crippen molar-refractivity contribution in [3.63, 3.8) is 0 Å². The molecule has 0 radical (unpaired) electrons. The van der Waals surface area contributed by atoms with E-state index in [1.165, 1.54) is 0 Å². The highest BCUT2D eigenvalue weighted by Gasteiger charge is 2.41. The van der Waals surface area contributed by atoms with Gasteiger partial charge in [0, 0.05) is 0 Å². The molecular weight excluding hydrogens is 236 g/mol. The van der Waals surface area contributed by atoms with Crippen LogP contribution in [0.15, 0.2) is 47.8 Å². The van der Waals surface area contributed by atoms with Crippen LogP contribution in [0.2, 0.25) is 18.1 Å². The Labute approximate surface area is 112 Å². The monoisotopic (exact) mass is 260 g/mol. The van der Waals surface area contributed by atoms with Gasteiger partial charge in [0.15, 0.2) is 0 Å². The lowest BCUT2D eigenvalue weighted by molar-refractivity contribution is 0.222. The Morgan fingerprint density at radius 2 is 1.72 bits per heavy atom. The van der Waals surface area contributed by atoms with Crippen molar-refractivity contribution in [2.75, 3.05) is 0 Å². The molecule has 18 heavy (non-hydrogen) atoms. The minimum Gasteiger partial charge on any atom is -0.384 e. The van der Waals surface area contributed by atoms with Gasteiger partial charge in [-0.05, 0) is 15.8 Å². The summed E-state index contributed by atoms with van der Waals surface area (Å²) in [5.41, 5.74) is 3.95. The molecule has 0 aliphatic heterocycles. The fourth-order valence-corrected chi connectivity index (χ4v) is 3.97. The van der Waals surface area contributed by atoms with Gasteiger partial charge in [-0.15, -0.1) is 5.73 Å².